The van der Waals surface area contributed by atoms with Gasteiger partial charge in [0.05, 0.1) is 22.4 Å². The molecule has 0 amide bonds. The van der Waals surface area contributed by atoms with E-state index in [9.17, 15) is 15.4 Å². The van der Waals surface area contributed by atoms with Gasteiger partial charge in [-0.3, -0.25) is 14.5 Å². The molecule has 0 spiro atoms. The van der Waals surface area contributed by atoms with Gasteiger partial charge < -0.3 is 0 Å². The van der Waals surface area contributed by atoms with Crippen LogP contribution in [0.2, 0.25) is 0 Å². The first-order valence-corrected chi connectivity index (χ1v) is 8.16. The summed E-state index contributed by atoms with van der Waals surface area (Å²) in [5.41, 5.74) is 2.04. The highest BCUT2D eigenvalue weighted by atomic mass is 35.5. The minimum absolute atomic E-state index is 0.0769. The first-order valence-electron chi connectivity index (χ1n) is 6.36. The predicted octanol–water partition coefficient (Wildman–Crippen LogP) is 3.52. The maximum atomic E-state index is 11.0. The summed E-state index contributed by atoms with van der Waals surface area (Å²) < 4.78 is 1.15. The Bertz CT molecular complexity index is 819. The quantitative estimate of drug-likeness (QED) is 0.368. The Balaban J connectivity index is 2.02. The Hall–Kier alpha value is -2.36. The highest BCUT2D eigenvalue weighted by Gasteiger charge is 2.31. The average molecular weight is 332 g/mol. The second kappa shape index (κ2) is 5.79. The van der Waals surface area contributed by atoms with Crippen LogP contribution in [0.3, 0.4) is 0 Å². The minimum atomic E-state index is -0.479. The Morgan fingerprint density at radius 1 is 1.36 bits per heavy atom. The molecule has 0 N–H and O–H groups in total. The summed E-state index contributed by atoms with van der Waals surface area (Å²) in [6.07, 6.45) is 2.74. The molecule has 22 heavy (non-hydrogen) atoms. The molecule has 110 valence electrons. The van der Waals surface area contributed by atoms with Crippen LogP contribution in [0.5, 0.6) is 0 Å². The lowest BCUT2D eigenvalue weighted by Crippen LogP contribution is -2.14. The van der Waals surface area contributed by atoms with E-state index in [0.717, 1.165) is 14.9 Å². The van der Waals surface area contributed by atoms with Gasteiger partial charge in [-0.2, -0.15) is 5.26 Å². The molecule has 3 rings (SSSR count). The molecule has 0 fully saturated rings. The molecule has 2 aliphatic rings. The predicted molar refractivity (Wildman–Crippen MR) is 87.3 cm³/mol. The van der Waals surface area contributed by atoms with Crippen molar-refractivity contribution in [3.63, 3.8) is 0 Å². The number of nitrogens with zero attached hydrogens (tertiary/aromatic N) is 3. The molecule has 1 aromatic carbocycles. The fraction of sp³-hybridized carbons (Fsp3) is 0.0667. The third kappa shape index (κ3) is 2.56. The first-order chi connectivity index (χ1) is 10.6. The van der Waals surface area contributed by atoms with E-state index in [4.69, 9.17) is 11.8 Å². The van der Waals surface area contributed by atoms with Crippen LogP contribution in [0, 0.1) is 21.4 Å². The van der Waals surface area contributed by atoms with Crippen LogP contribution in [-0.2, 0) is 5.75 Å². The molecule has 0 saturated carbocycles. The summed E-state index contributed by atoms with van der Waals surface area (Å²) in [6, 6.07) is 11.9. The normalized spacial score (nSPS) is 19.8. The summed E-state index contributed by atoms with van der Waals surface area (Å²) in [4.78, 5) is 11.3. The molecule has 2 heterocycles. The summed E-state index contributed by atoms with van der Waals surface area (Å²) in [5, 5.41) is 22.2. The molecule has 0 bridgehead atoms. The molecule has 1 unspecified atom stereocenters. The van der Waals surface area contributed by atoms with Crippen molar-refractivity contribution in [1.29, 1.82) is 5.26 Å². The lowest BCUT2D eigenvalue weighted by atomic mass is 10.2. The lowest BCUT2D eigenvalue weighted by molar-refractivity contribution is -0.420. The smallest absolute Gasteiger partial charge is 0.258 e. The second-order valence-corrected chi connectivity index (χ2v) is 6.87. The maximum absolute atomic E-state index is 11.0. The fourth-order valence-electron chi connectivity index (χ4n) is 2.29. The van der Waals surface area contributed by atoms with Crippen LogP contribution in [0.4, 0.5) is 0 Å². The summed E-state index contributed by atoms with van der Waals surface area (Å²) in [7, 11) is -0.415. The maximum Gasteiger partial charge on any atom is 0.288 e. The summed E-state index contributed by atoms with van der Waals surface area (Å²) >= 11 is 6.09. The van der Waals surface area contributed by atoms with Gasteiger partial charge in [0.2, 0.25) is 0 Å². The monoisotopic (exact) mass is 331 g/mol. The number of benzene rings is 1. The van der Waals surface area contributed by atoms with Crippen molar-refractivity contribution in [3.05, 3.63) is 80.2 Å². The minimum Gasteiger partial charge on any atom is -0.258 e. The van der Waals surface area contributed by atoms with Crippen LogP contribution >= 0.6 is 22.3 Å². The number of allylic oxidation sites excluding steroid dienone is 2. The Kier molecular flexibility index (Phi) is 3.84. The Morgan fingerprint density at radius 2 is 2.09 bits per heavy atom. The molecule has 0 radical (unpaired) electrons. The van der Waals surface area contributed by atoms with E-state index in [-0.39, 0.29) is 5.70 Å². The van der Waals surface area contributed by atoms with Gasteiger partial charge in [-0.25, -0.2) is 0 Å². The van der Waals surface area contributed by atoms with Crippen molar-refractivity contribution >= 4 is 27.6 Å². The molecule has 1 atom stereocenters. The van der Waals surface area contributed by atoms with Crippen LogP contribution in [-0.4, -0.2) is 14.7 Å². The van der Waals surface area contributed by atoms with Gasteiger partial charge in [0, 0.05) is 28.5 Å². The van der Waals surface area contributed by atoms with Crippen LogP contribution in [0.15, 0.2) is 64.5 Å². The van der Waals surface area contributed by atoms with Gasteiger partial charge in [-0.15, -0.1) is 10.5 Å². The molecule has 0 aliphatic carbocycles. The van der Waals surface area contributed by atoms with Gasteiger partial charge in [0.15, 0.2) is 0 Å². The van der Waals surface area contributed by atoms with Crippen LogP contribution in [0.1, 0.15) is 5.56 Å². The molecular weight excluding hydrogens is 322 g/mol. The number of fused-ring (bicyclic) bond motifs is 1. The average Bonchev–Trinajstić information content (AvgIpc) is 2.87. The largest absolute Gasteiger partial charge is 0.288 e. The van der Waals surface area contributed by atoms with Gasteiger partial charge in [-0.1, -0.05) is 30.3 Å². The van der Waals surface area contributed by atoms with E-state index in [1.54, 1.807) is 0 Å². The van der Waals surface area contributed by atoms with Crippen molar-refractivity contribution in [3.8, 4) is 6.07 Å². The fourth-order valence-corrected chi connectivity index (χ4v) is 4.71. The number of rotatable bonds is 3. The zero-order valence-corrected chi connectivity index (χ0v) is 12.8. The van der Waals surface area contributed by atoms with E-state index in [1.165, 1.54) is 12.3 Å². The van der Waals surface area contributed by atoms with Crippen molar-refractivity contribution < 1.29 is 4.92 Å². The summed E-state index contributed by atoms with van der Waals surface area (Å²) in [5.74, 6) is 0.692. The van der Waals surface area contributed by atoms with E-state index in [1.807, 2.05) is 35.7 Å². The van der Waals surface area contributed by atoms with E-state index in [2.05, 4.69) is 6.07 Å². The number of halogens is 1. The van der Waals surface area contributed by atoms with Crippen molar-refractivity contribution in [1.82, 2.24) is 4.42 Å². The first kappa shape index (κ1) is 14.6. The van der Waals surface area contributed by atoms with Crippen molar-refractivity contribution in [2.24, 2.45) is 0 Å². The van der Waals surface area contributed by atoms with E-state index >= 15 is 0 Å². The molecule has 2 aliphatic heterocycles. The number of nitro groups is 1. The van der Waals surface area contributed by atoms with Crippen LogP contribution in [0.25, 0.3) is 0 Å². The lowest BCUT2D eigenvalue weighted by Gasteiger charge is -2.20. The van der Waals surface area contributed by atoms with Gasteiger partial charge >= 0.3 is 0 Å². The zero-order chi connectivity index (χ0) is 15.7. The molecule has 7 heteroatoms. The van der Waals surface area contributed by atoms with Crippen LogP contribution < -0.4 is 0 Å². The topological polar surface area (TPSA) is 70.2 Å². The molecule has 0 aromatic heterocycles. The van der Waals surface area contributed by atoms with Gasteiger partial charge in [-0.05, 0) is 10.9 Å². The zero-order valence-electron chi connectivity index (χ0n) is 11.3. The highest BCUT2D eigenvalue weighted by molar-refractivity contribution is 8.18. The molecule has 5 nitrogen and oxygen atoms in total. The SMILES string of the molecule is N#CC1=C2C(=CC([N+](=O)[O-])=CN2Cl)S(Cc2ccccc2)=C1. The third-order valence-corrected chi connectivity index (χ3v) is 5.57. The number of hydrogen-bond acceptors (Lipinski definition) is 4. The molecular formula is C15H10ClN3O2S. The number of nitriles is 1. The summed E-state index contributed by atoms with van der Waals surface area (Å²) in [6.45, 7) is 0. The third-order valence-electron chi connectivity index (χ3n) is 3.27. The van der Waals surface area contributed by atoms with Crippen molar-refractivity contribution in [2.75, 3.05) is 0 Å². The van der Waals surface area contributed by atoms with E-state index < -0.39 is 15.4 Å². The second-order valence-electron chi connectivity index (χ2n) is 4.68. The van der Waals surface area contributed by atoms with Gasteiger partial charge in [0.25, 0.3) is 5.70 Å². The Labute approximate surface area is 134 Å². The number of hydrogen-bond donors (Lipinski definition) is 0. The van der Waals surface area contributed by atoms with Crippen molar-refractivity contribution in [2.45, 2.75) is 5.75 Å². The molecule has 0 saturated heterocycles. The van der Waals surface area contributed by atoms with E-state index in [0.29, 0.717) is 17.0 Å². The van der Waals surface area contributed by atoms with Gasteiger partial charge in [0.1, 0.15) is 6.07 Å². The highest BCUT2D eigenvalue weighted by Crippen LogP contribution is 2.45. The standard InChI is InChI=1S/C15H10ClN3O2S/c16-18-8-13(19(20)21)6-14-15(18)12(7-17)10-22(14)9-11-4-2-1-3-5-11/h1-6,8,10H,9H2. The molecule has 1 aromatic rings. The Morgan fingerprint density at radius 3 is 2.73 bits per heavy atom.